The van der Waals surface area contributed by atoms with Crippen molar-refractivity contribution in [2.75, 3.05) is 26.2 Å². The lowest BCUT2D eigenvalue weighted by atomic mass is 9.96. The summed E-state index contributed by atoms with van der Waals surface area (Å²) in [6.07, 6.45) is 4.11. The number of hydrogen-bond acceptors (Lipinski definition) is 5. The molecule has 0 spiro atoms. The van der Waals surface area contributed by atoms with Crippen LogP contribution in [0.4, 0.5) is 0 Å². The molecule has 3 rings (SSSR count). The van der Waals surface area contributed by atoms with Crippen molar-refractivity contribution in [3.8, 4) is 11.3 Å². The fourth-order valence-corrected chi connectivity index (χ4v) is 3.41. The van der Waals surface area contributed by atoms with Crippen LogP contribution in [0, 0.1) is 12.8 Å². The number of likely N-dealkylation sites (tertiary alicyclic amines) is 1. The summed E-state index contributed by atoms with van der Waals surface area (Å²) in [5.41, 5.74) is 7.58. The molecule has 3 N–H and O–H groups in total. The maximum atomic E-state index is 12.6. The zero-order valence-electron chi connectivity index (χ0n) is 16.3. The number of nitrogens with two attached hydrogens (primary N) is 1. The van der Waals surface area contributed by atoms with Crippen molar-refractivity contribution in [1.29, 1.82) is 0 Å². The molecule has 28 heavy (non-hydrogen) atoms. The highest BCUT2D eigenvalue weighted by molar-refractivity contribution is 5.81. The molecule has 1 fully saturated rings. The van der Waals surface area contributed by atoms with Crippen LogP contribution in [-0.4, -0.2) is 47.9 Å². The zero-order chi connectivity index (χ0) is 19.9. The van der Waals surface area contributed by atoms with Gasteiger partial charge < -0.3 is 20.4 Å². The van der Waals surface area contributed by atoms with Gasteiger partial charge in [0.05, 0.1) is 12.1 Å². The molecule has 1 unspecified atom stereocenters. The second-order valence-electron chi connectivity index (χ2n) is 7.24. The SMILES string of the molecule is Cc1ccc(-c2cnc(CCC(=O)N3CCCC(C(=O)NCCN)C3)o2)cc1. The van der Waals surface area contributed by atoms with Crippen molar-refractivity contribution in [2.45, 2.75) is 32.6 Å². The average molecular weight is 384 g/mol. The second-order valence-corrected chi connectivity index (χ2v) is 7.24. The fourth-order valence-electron chi connectivity index (χ4n) is 3.41. The maximum Gasteiger partial charge on any atom is 0.224 e. The summed E-state index contributed by atoms with van der Waals surface area (Å²) >= 11 is 0. The average Bonchev–Trinajstić information content (AvgIpc) is 3.20. The van der Waals surface area contributed by atoms with Crippen molar-refractivity contribution in [1.82, 2.24) is 15.2 Å². The van der Waals surface area contributed by atoms with E-state index in [0.717, 1.165) is 18.4 Å². The van der Waals surface area contributed by atoms with Crippen molar-refractivity contribution < 1.29 is 14.0 Å². The third-order valence-electron chi connectivity index (χ3n) is 5.03. The van der Waals surface area contributed by atoms with E-state index in [1.807, 2.05) is 31.2 Å². The molecule has 1 aromatic heterocycles. The molecular formula is C21H28N4O3. The van der Waals surface area contributed by atoms with Gasteiger partial charge in [-0.25, -0.2) is 4.98 Å². The number of oxazole rings is 1. The van der Waals surface area contributed by atoms with Crippen LogP contribution in [-0.2, 0) is 16.0 Å². The van der Waals surface area contributed by atoms with E-state index in [1.165, 1.54) is 5.56 Å². The third kappa shape index (κ3) is 5.19. The lowest BCUT2D eigenvalue weighted by Gasteiger charge is -2.32. The predicted octanol–water partition coefficient (Wildman–Crippen LogP) is 1.90. The number of nitrogens with zero attached hydrogens (tertiary/aromatic N) is 2. The number of piperidine rings is 1. The van der Waals surface area contributed by atoms with E-state index in [4.69, 9.17) is 10.2 Å². The predicted molar refractivity (Wildman–Crippen MR) is 106 cm³/mol. The van der Waals surface area contributed by atoms with E-state index in [9.17, 15) is 9.59 Å². The van der Waals surface area contributed by atoms with Crippen LogP contribution in [0.1, 0.15) is 30.7 Å². The van der Waals surface area contributed by atoms with Crippen LogP contribution in [0.2, 0.25) is 0 Å². The van der Waals surface area contributed by atoms with Gasteiger partial charge in [-0.15, -0.1) is 0 Å². The van der Waals surface area contributed by atoms with Crippen molar-refractivity contribution in [3.05, 3.63) is 41.9 Å². The largest absolute Gasteiger partial charge is 0.441 e. The molecule has 150 valence electrons. The lowest BCUT2D eigenvalue weighted by molar-refractivity contribution is -0.135. The number of aryl methyl sites for hydroxylation is 2. The first kappa shape index (κ1) is 20.1. The second kappa shape index (κ2) is 9.50. The summed E-state index contributed by atoms with van der Waals surface area (Å²) in [6.45, 7) is 4.09. The Morgan fingerprint density at radius 1 is 1.32 bits per heavy atom. The van der Waals surface area contributed by atoms with Crippen LogP contribution in [0.25, 0.3) is 11.3 Å². The fraction of sp³-hybridized carbons (Fsp3) is 0.476. The quantitative estimate of drug-likeness (QED) is 0.759. The summed E-state index contributed by atoms with van der Waals surface area (Å²) in [6, 6.07) is 8.04. The minimum atomic E-state index is -0.154. The Balaban J connectivity index is 1.51. The van der Waals surface area contributed by atoms with Gasteiger partial charge in [0.1, 0.15) is 0 Å². The number of amides is 2. The molecule has 7 heteroatoms. The molecule has 0 radical (unpaired) electrons. The summed E-state index contributed by atoms with van der Waals surface area (Å²) in [4.78, 5) is 30.8. The molecule has 2 heterocycles. The number of nitrogens with one attached hydrogen (secondary N) is 1. The highest BCUT2D eigenvalue weighted by Crippen LogP contribution is 2.22. The number of benzene rings is 1. The van der Waals surface area contributed by atoms with Crippen molar-refractivity contribution in [2.24, 2.45) is 11.7 Å². The van der Waals surface area contributed by atoms with E-state index in [0.29, 0.717) is 50.7 Å². The highest BCUT2D eigenvalue weighted by atomic mass is 16.4. The van der Waals surface area contributed by atoms with Gasteiger partial charge in [0.25, 0.3) is 0 Å². The number of hydrogen-bond donors (Lipinski definition) is 2. The Bertz CT molecular complexity index is 800. The Hall–Kier alpha value is -2.67. The Labute approximate surface area is 165 Å². The summed E-state index contributed by atoms with van der Waals surface area (Å²) in [7, 11) is 0. The normalized spacial score (nSPS) is 16.8. The molecule has 0 bridgehead atoms. The molecule has 1 saturated heterocycles. The van der Waals surface area contributed by atoms with E-state index in [2.05, 4.69) is 10.3 Å². The monoisotopic (exact) mass is 384 g/mol. The Morgan fingerprint density at radius 2 is 2.11 bits per heavy atom. The number of aromatic nitrogens is 1. The summed E-state index contributed by atoms with van der Waals surface area (Å²) in [5.74, 6) is 1.12. The van der Waals surface area contributed by atoms with Gasteiger partial charge in [-0.3, -0.25) is 9.59 Å². The number of carbonyl (C=O) groups excluding carboxylic acids is 2. The van der Waals surface area contributed by atoms with E-state index in [-0.39, 0.29) is 17.7 Å². The van der Waals surface area contributed by atoms with Gasteiger partial charge in [-0.2, -0.15) is 0 Å². The van der Waals surface area contributed by atoms with Crippen LogP contribution in [0.5, 0.6) is 0 Å². The molecule has 2 aromatic rings. The highest BCUT2D eigenvalue weighted by Gasteiger charge is 2.28. The standard InChI is InChI=1S/C21H28N4O3/c1-15-4-6-16(7-5-15)18-13-24-19(28-18)8-9-20(26)25-12-2-3-17(14-25)21(27)23-11-10-22/h4-7,13,17H,2-3,8-12,14,22H2,1H3,(H,23,27). The van der Waals surface area contributed by atoms with Gasteiger partial charge in [0.15, 0.2) is 11.7 Å². The Kier molecular flexibility index (Phi) is 6.81. The first-order chi connectivity index (χ1) is 13.6. The smallest absolute Gasteiger partial charge is 0.224 e. The molecule has 1 atom stereocenters. The molecule has 1 aliphatic heterocycles. The Morgan fingerprint density at radius 3 is 2.86 bits per heavy atom. The third-order valence-corrected chi connectivity index (χ3v) is 5.03. The minimum Gasteiger partial charge on any atom is -0.441 e. The first-order valence-corrected chi connectivity index (χ1v) is 9.84. The molecule has 1 aliphatic rings. The number of rotatable bonds is 7. The van der Waals surface area contributed by atoms with E-state index < -0.39 is 0 Å². The topological polar surface area (TPSA) is 101 Å². The summed E-state index contributed by atoms with van der Waals surface area (Å²) < 4.78 is 5.79. The van der Waals surface area contributed by atoms with E-state index in [1.54, 1.807) is 11.1 Å². The van der Waals surface area contributed by atoms with Crippen LogP contribution in [0.3, 0.4) is 0 Å². The summed E-state index contributed by atoms with van der Waals surface area (Å²) in [5, 5.41) is 2.81. The molecule has 0 aliphatic carbocycles. The van der Waals surface area contributed by atoms with Gasteiger partial charge >= 0.3 is 0 Å². The van der Waals surface area contributed by atoms with Crippen LogP contribution in [0.15, 0.2) is 34.9 Å². The maximum absolute atomic E-state index is 12.6. The lowest BCUT2D eigenvalue weighted by Crippen LogP contribution is -2.46. The van der Waals surface area contributed by atoms with E-state index >= 15 is 0 Å². The molecular weight excluding hydrogens is 356 g/mol. The minimum absolute atomic E-state index is 0.0154. The number of carbonyl (C=O) groups is 2. The first-order valence-electron chi connectivity index (χ1n) is 9.84. The van der Waals surface area contributed by atoms with Gasteiger partial charge in [-0.05, 0) is 19.8 Å². The molecule has 7 nitrogen and oxygen atoms in total. The van der Waals surface area contributed by atoms with Gasteiger partial charge in [-0.1, -0.05) is 29.8 Å². The molecule has 1 aromatic carbocycles. The van der Waals surface area contributed by atoms with Gasteiger partial charge in [0.2, 0.25) is 11.8 Å². The van der Waals surface area contributed by atoms with Crippen molar-refractivity contribution >= 4 is 11.8 Å². The van der Waals surface area contributed by atoms with Crippen LogP contribution < -0.4 is 11.1 Å². The van der Waals surface area contributed by atoms with Gasteiger partial charge in [0, 0.05) is 44.6 Å². The zero-order valence-corrected chi connectivity index (χ0v) is 16.3. The molecule has 0 saturated carbocycles. The van der Waals surface area contributed by atoms with Crippen LogP contribution >= 0.6 is 0 Å². The van der Waals surface area contributed by atoms with Crippen molar-refractivity contribution in [3.63, 3.8) is 0 Å². The molecule has 2 amide bonds.